The van der Waals surface area contributed by atoms with Gasteiger partial charge < -0.3 is 5.32 Å². The van der Waals surface area contributed by atoms with Crippen molar-refractivity contribution in [3.63, 3.8) is 0 Å². The van der Waals surface area contributed by atoms with Crippen LogP contribution in [0.2, 0.25) is 0 Å². The molecule has 0 spiro atoms. The predicted molar refractivity (Wildman–Crippen MR) is 124 cm³/mol. The number of aromatic nitrogens is 2. The third-order valence-corrected chi connectivity index (χ3v) is 7.07. The fraction of sp³-hybridized carbons (Fsp3) is 0.364. The molecule has 3 aromatic rings. The highest BCUT2D eigenvalue weighted by atomic mass is 32.2. The molecule has 1 atom stereocenters. The summed E-state index contributed by atoms with van der Waals surface area (Å²) >= 11 is 2.76. The summed E-state index contributed by atoms with van der Waals surface area (Å²) in [6, 6.07) is 6.76. The van der Waals surface area contributed by atoms with Crippen LogP contribution in [0.15, 0.2) is 34.2 Å². The number of nitrogens with zero attached hydrogens (tertiary/aromatic N) is 2. The molecule has 158 valence electrons. The molecule has 30 heavy (non-hydrogen) atoms. The van der Waals surface area contributed by atoms with Crippen molar-refractivity contribution in [2.24, 2.45) is 0 Å². The molecule has 0 fully saturated rings. The van der Waals surface area contributed by atoms with Gasteiger partial charge in [-0.05, 0) is 59.2 Å². The molecule has 0 aliphatic rings. The minimum absolute atomic E-state index is 0.0616. The van der Waals surface area contributed by atoms with E-state index in [9.17, 15) is 14.4 Å². The molecule has 2 heterocycles. The summed E-state index contributed by atoms with van der Waals surface area (Å²) in [4.78, 5) is 44.0. The standard InChI is InChI=1S/C22H25N3O3S2/c1-11(2)25-21(28)18-12(3)14(5)29-20(18)24-22(25)30-15(6)19(27)23-17-9-7-8-16(10-17)13(4)26/h7-11,15H,1-6H3,(H,23,27). The summed E-state index contributed by atoms with van der Waals surface area (Å²) in [7, 11) is 0. The first-order chi connectivity index (χ1) is 14.1. The first kappa shape index (κ1) is 22.2. The van der Waals surface area contributed by atoms with Crippen molar-refractivity contribution in [3.8, 4) is 0 Å². The Morgan fingerprint density at radius 3 is 2.53 bits per heavy atom. The minimum atomic E-state index is -0.484. The molecule has 3 rings (SSSR count). The Labute approximate surface area is 183 Å². The second kappa shape index (κ2) is 8.73. The number of nitrogens with one attached hydrogen (secondary N) is 1. The molecule has 0 radical (unpaired) electrons. The second-order valence-corrected chi connectivity index (χ2v) is 10.0. The Balaban J connectivity index is 1.90. The number of rotatable bonds is 6. The SMILES string of the molecule is CC(=O)c1cccc(NC(=O)C(C)Sc2nc3sc(C)c(C)c3c(=O)n2C(C)C)c1. The van der Waals surface area contributed by atoms with Crippen LogP contribution in [0, 0.1) is 13.8 Å². The molecule has 1 unspecified atom stereocenters. The lowest BCUT2D eigenvalue weighted by atomic mass is 10.1. The van der Waals surface area contributed by atoms with Crippen molar-refractivity contribution in [3.05, 3.63) is 50.6 Å². The Bertz CT molecular complexity index is 1190. The maximum atomic E-state index is 13.2. The van der Waals surface area contributed by atoms with Gasteiger partial charge in [0.25, 0.3) is 5.56 Å². The fourth-order valence-corrected chi connectivity index (χ4v) is 5.21. The molecule has 0 saturated carbocycles. The van der Waals surface area contributed by atoms with Crippen LogP contribution >= 0.6 is 23.1 Å². The van der Waals surface area contributed by atoms with Gasteiger partial charge in [-0.3, -0.25) is 19.0 Å². The molecule has 1 N–H and O–H groups in total. The lowest BCUT2D eigenvalue weighted by molar-refractivity contribution is -0.115. The molecule has 0 saturated heterocycles. The van der Waals surface area contributed by atoms with Crippen LogP contribution in [-0.2, 0) is 4.79 Å². The third kappa shape index (κ3) is 4.34. The minimum Gasteiger partial charge on any atom is -0.325 e. The summed E-state index contributed by atoms with van der Waals surface area (Å²) in [6.07, 6.45) is 0. The average molecular weight is 444 g/mol. The molecule has 0 aliphatic heterocycles. The lowest BCUT2D eigenvalue weighted by Gasteiger charge is -2.18. The number of thiophene rings is 1. The topological polar surface area (TPSA) is 81.1 Å². The first-order valence-electron chi connectivity index (χ1n) is 9.71. The molecule has 1 aromatic carbocycles. The smallest absolute Gasteiger partial charge is 0.263 e. The molecule has 6 nitrogen and oxygen atoms in total. The van der Waals surface area contributed by atoms with E-state index in [2.05, 4.69) is 5.32 Å². The Morgan fingerprint density at radius 2 is 1.90 bits per heavy atom. The van der Waals surface area contributed by atoms with Crippen LogP contribution in [0.5, 0.6) is 0 Å². The number of hydrogen-bond acceptors (Lipinski definition) is 6. The molecule has 2 aromatic heterocycles. The van der Waals surface area contributed by atoms with E-state index < -0.39 is 5.25 Å². The van der Waals surface area contributed by atoms with Crippen molar-refractivity contribution in [2.45, 2.75) is 58.0 Å². The lowest BCUT2D eigenvalue weighted by Crippen LogP contribution is -2.28. The molecule has 0 aliphatic carbocycles. The zero-order valence-corrected chi connectivity index (χ0v) is 19.5. The quantitative estimate of drug-likeness (QED) is 0.330. The first-order valence-corrected chi connectivity index (χ1v) is 11.4. The van der Waals surface area contributed by atoms with E-state index in [-0.39, 0.29) is 23.3 Å². The van der Waals surface area contributed by atoms with Crippen molar-refractivity contribution in [2.75, 3.05) is 5.32 Å². The van der Waals surface area contributed by atoms with Crippen LogP contribution in [0.25, 0.3) is 10.2 Å². The van der Waals surface area contributed by atoms with E-state index in [1.54, 1.807) is 35.8 Å². The molecular formula is C22H25N3O3S2. The highest BCUT2D eigenvalue weighted by Crippen LogP contribution is 2.31. The number of anilines is 1. The van der Waals surface area contributed by atoms with E-state index in [0.717, 1.165) is 10.4 Å². The van der Waals surface area contributed by atoms with E-state index in [1.165, 1.54) is 30.0 Å². The Hall–Kier alpha value is -2.45. The van der Waals surface area contributed by atoms with Gasteiger partial charge in [0.1, 0.15) is 4.83 Å². The van der Waals surface area contributed by atoms with Crippen LogP contribution < -0.4 is 10.9 Å². The maximum Gasteiger partial charge on any atom is 0.263 e. The number of thioether (sulfide) groups is 1. The van der Waals surface area contributed by atoms with Crippen LogP contribution in [-0.4, -0.2) is 26.5 Å². The van der Waals surface area contributed by atoms with Crippen molar-refractivity contribution in [1.82, 2.24) is 9.55 Å². The van der Waals surface area contributed by atoms with Gasteiger partial charge in [0.15, 0.2) is 10.9 Å². The zero-order valence-electron chi connectivity index (χ0n) is 17.9. The fourth-order valence-electron chi connectivity index (χ4n) is 3.10. The van der Waals surface area contributed by atoms with Gasteiger partial charge >= 0.3 is 0 Å². The summed E-state index contributed by atoms with van der Waals surface area (Å²) in [5, 5.41) is 3.55. The van der Waals surface area contributed by atoms with E-state index >= 15 is 0 Å². The summed E-state index contributed by atoms with van der Waals surface area (Å²) < 4.78 is 1.66. The monoisotopic (exact) mass is 443 g/mol. The van der Waals surface area contributed by atoms with Crippen molar-refractivity contribution in [1.29, 1.82) is 0 Å². The highest BCUT2D eigenvalue weighted by molar-refractivity contribution is 8.00. The van der Waals surface area contributed by atoms with Crippen LogP contribution in [0.3, 0.4) is 0 Å². The number of carbonyl (C=O) groups is 2. The van der Waals surface area contributed by atoms with Gasteiger partial charge in [-0.25, -0.2) is 4.98 Å². The summed E-state index contributed by atoms with van der Waals surface area (Å²) in [6.45, 7) is 11.1. The summed E-state index contributed by atoms with van der Waals surface area (Å²) in [5.41, 5.74) is 2.00. The Kier molecular flexibility index (Phi) is 6.47. The van der Waals surface area contributed by atoms with Crippen LogP contribution in [0.1, 0.15) is 54.5 Å². The van der Waals surface area contributed by atoms with Crippen LogP contribution in [0.4, 0.5) is 5.69 Å². The highest BCUT2D eigenvalue weighted by Gasteiger charge is 2.22. The third-order valence-electron chi connectivity index (χ3n) is 4.91. The number of hydrogen-bond donors (Lipinski definition) is 1. The number of aryl methyl sites for hydroxylation is 2. The van der Waals surface area contributed by atoms with Crippen molar-refractivity contribution < 1.29 is 9.59 Å². The van der Waals surface area contributed by atoms with Crippen molar-refractivity contribution >= 4 is 50.7 Å². The number of amides is 1. The van der Waals surface area contributed by atoms with E-state index in [0.29, 0.717) is 26.6 Å². The number of Topliss-reactive ketones (excluding diaryl/α,β-unsaturated/α-hetero) is 1. The number of carbonyl (C=O) groups excluding carboxylic acids is 2. The van der Waals surface area contributed by atoms with Gasteiger partial charge in [0.05, 0.1) is 10.6 Å². The number of benzene rings is 1. The normalized spacial score (nSPS) is 12.4. The van der Waals surface area contributed by atoms with Gasteiger partial charge in [0.2, 0.25) is 5.91 Å². The number of fused-ring (bicyclic) bond motifs is 1. The predicted octanol–water partition coefficient (Wildman–Crippen LogP) is 4.98. The molecular weight excluding hydrogens is 418 g/mol. The zero-order chi connectivity index (χ0) is 22.2. The largest absolute Gasteiger partial charge is 0.325 e. The van der Waals surface area contributed by atoms with Gasteiger partial charge in [-0.2, -0.15) is 0 Å². The average Bonchev–Trinajstić information content (AvgIpc) is 2.95. The Morgan fingerprint density at radius 1 is 1.20 bits per heavy atom. The van der Waals surface area contributed by atoms with Gasteiger partial charge in [-0.15, -0.1) is 11.3 Å². The maximum absolute atomic E-state index is 13.2. The molecule has 0 bridgehead atoms. The number of ketones is 1. The molecule has 1 amide bonds. The van der Waals surface area contributed by atoms with E-state index in [4.69, 9.17) is 4.98 Å². The summed E-state index contributed by atoms with van der Waals surface area (Å²) in [5.74, 6) is -0.280. The molecule has 8 heteroatoms. The van der Waals surface area contributed by atoms with Gasteiger partial charge in [0, 0.05) is 22.2 Å². The van der Waals surface area contributed by atoms with E-state index in [1.807, 2.05) is 27.7 Å². The second-order valence-electron chi connectivity index (χ2n) is 7.51. The van der Waals surface area contributed by atoms with Gasteiger partial charge in [-0.1, -0.05) is 23.9 Å².